The molecular weight excluding hydrogens is 567 g/mol. The van der Waals surface area contributed by atoms with Gasteiger partial charge in [0.25, 0.3) is 0 Å². The predicted molar refractivity (Wildman–Crippen MR) is 168 cm³/mol. The molecule has 2 heterocycles. The molecule has 0 amide bonds. The molecule has 0 radical (unpaired) electrons. The Bertz CT molecular complexity index is 737. The molecule has 0 nitrogen and oxygen atoms in total. The molecule has 2 rings (SSSR count). The zero-order chi connectivity index (χ0) is 25.2. The molecule has 200 valence electrons. The molecule has 0 aliphatic heterocycles. The molecule has 0 saturated carbocycles. The maximum absolute atomic E-state index is 2.61. The van der Waals surface area contributed by atoms with E-state index < -0.39 is 18.4 Å². The average Bonchev–Trinajstić information content (AvgIpc) is 3.55. The van der Waals surface area contributed by atoms with Crippen LogP contribution in [0.25, 0.3) is 9.75 Å². The van der Waals surface area contributed by atoms with Gasteiger partial charge in [0.1, 0.15) is 0 Å². The third kappa shape index (κ3) is 11.2. The fourth-order valence-electron chi connectivity index (χ4n) is 5.59. The second-order valence-electron chi connectivity index (χ2n) is 11.0. The summed E-state index contributed by atoms with van der Waals surface area (Å²) < 4.78 is 6.64. The normalized spacial score (nSPS) is 12.0. The van der Waals surface area contributed by atoms with Crippen LogP contribution in [0.15, 0.2) is 23.6 Å². The Balaban J connectivity index is 1.94. The molecule has 2 aromatic heterocycles. The van der Waals surface area contributed by atoms with Gasteiger partial charge in [0.2, 0.25) is 0 Å². The van der Waals surface area contributed by atoms with E-state index in [0.717, 1.165) is 0 Å². The van der Waals surface area contributed by atoms with Crippen LogP contribution in [0.2, 0.25) is 13.3 Å². The minimum absolute atomic E-state index is 1.28. The van der Waals surface area contributed by atoms with Crippen LogP contribution in [0.5, 0.6) is 0 Å². The number of thiophene rings is 2. The van der Waals surface area contributed by atoms with Crippen LogP contribution in [0.4, 0.5) is 0 Å². The zero-order valence-electron chi connectivity index (χ0n) is 23.8. The fourth-order valence-corrected chi connectivity index (χ4v) is 26.8. The van der Waals surface area contributed by atoms with Crippen molar-refractivity contribution in [2.45, 2.75) is 150 Å². The van der Waals surface area contributed by atoms with E-state index in [2.05, 4.69) is 62.6 Å². The van der Waals surface area contributed by atoms with Crippen molar-refractivity contribution in [1.29, 1.82) is 0 Å². The van der Waals surface area contributed by atoms with E-state index in [9.17, 15) is 0 Å². The third-order valence-electron chi connectivity index (χ3n) is 7.93. The van der Waals surface area contributed by atoms with E-state index in [0.29, 0.717) is 0 Å². The second kappa shape index (κ2) is 19.3. The molecule has 0 fully saturated rings. The fraction of sp³-hybridized carbons (Fsp3) is 0.750. The first-order valence-electron chi connectivity index (χ1n) is 15.4. The molecule has 35 heavy (non-hydrogen) atoms. The minimum atomic E-state index is -2.29. The Morgan fingerprint density at radius 1 is 0.571 bits per heavy atom. The Labute approximate surface area is 231 Å². The van der Waals surface area contributed by atoms with Crippen molar-refractivity contribution in [3.63, 3.8) is 0 Å². The van der Waals surface area contributed by atoms with Crippen molar-refractivity contribution in [1.82, 2.24) is 0 Å². The number of unbranched alkanes of at least 4 members (excludes halogenated alkanes) is 12. The van der Waals surface area contributed by atoms with E-state index >= 15 is 0 Å². The topological polar surface area (TPSA) is 0 Å². The van der Waals surface area contributed by atoms with Gasteiger partial charge < -0.3 is 0 Å². The summed E-state index contributed by atoms with van der Waals surface area (Å²) in [6.07, 6.45) is 24.0. The Hall–Kier alpha value is 0.199. The van der Waals surface area contributed by atoms with Gasteiger partial charge in [-0.3, -0.25) is 0 Å². The molecule has 0 saturated heterocycles. The summed E-state index contributed by atoms with van der Waals surface area (Å²) in [6.45, 7) is 9.48. The van der Waals surface area contributed by atoms with Crippen LogP contribution >= 0.6 is 22.7 Å². The van der Waals surface area contributed by atoms with Gasteiger partial charge in [-0.05, 0) is 0 Å². The van der Waals surface area contributed by atoms with Gasteiger partial charge >= 0.3 is 200 Å². The van der Waals surface area contributed by atoms with Gasteiger partial charge in [-0.15, -0.1) is 0 Å². The van der Waals surface area contributed by atoms with Gasteiger partial charge in [-0.2, -0.15) is 0 Å². The number of hydrogen-bond donors (Lipinski definition) is 0. The first kappa shape index (κ1) is 31.4. The summed E-state index contributed by atoms with van der Waals surface area (Å²) in [7, 11) is 0. The van der Waals surface area contributed by atoms with Crippen molar-refractivity contribution in [2.24, 2.45) is 0 Å². The molecule has 0 aliphatic rings. The van der Waals surface area contributed by atoms with Gasteiger partial charge in [0.05, 0.1) is 0 Å². The molecule has 0 spiro atoms. The average molecular weight is 624 g/mol. The summed E-state index contributed by atoms with van der Waals surface area (Å²) >= 11 is 1.93. The quantitative estimate of drug-likeness (QED) is 0.0904. The SMILES string of the molecule is CCCCCCCCCCCCc1ccsc1-c1cc[c]([Sn]([CH2]CCC)([CH2]CCC)[CH2]CCC)s1. The molecule has 0 atom stereocenters. The Morgan fingerprint density at radius 2 is 1.09 bits per heavy atom. The predicted octanol–water partition coefficient (Wildman–Crippen LogP) is 12.0. The molecule has 0 aromatic carbocycles. The van der Waals surface area contributed by atoms with Crippen LogP contribution < -0.4 is 2.89 Å². The van der Waals surface area contributed by atoms with Crippen LogP contribution in [0, 0.1) is 0 Å². The molecule has 0 N–H and O–H groups in total. The standard InChI is InChI=1S/C20H29S2.3C4H9.Sn/c1-2-3-4-5-6-7-8-9-10-11-13-18-15-17-22-20(18)19-14-12-16-21-19;3*1-3-4-2;/h12,14-15,17H,2-11,13H2,1H3;3*1,3-4H2,2H3;. The molecule has 3 heteroatoms. The van der Waals surface area contributed by atoms with Crippen molar-refractivity contribution < 1.29 is 0 Å². The van der Waals surface area contributed by atoms with Crippen LogP contribution in [0.1, 0.15) is 136 Å². The summed E-state index contributed by atoms with van der Waals surface area (Å²) in [4.78, 5) is 3.18. The summed E-state index contributed by atoms with van der Waals surface area (Å²) in [5.74, 6) is 0. The first-order chi connectivity index (χ1) is 17.2. The molecule has 0 bridgehead atoms. The van der Waals surface area contributed by atoms with E-state index in [4.69, 9.17) is 0 Å². The Morgan fingerprint density at radius 3 is 1.63 bits per heavy atom. The first-order valence-corrected chi connectivity index (χ1v) is 24.6. The van der Waals surface area contributed by atoms with E-state index in [1.54, 1.807) is 28.6 Å². The molecule has 0 unspecified atom stereocenters. The van der Waals surface area contributed by atoms with E-state index in [1.165, 1.54) is 109 Å². The van der Waals surface area contributed by atoms with Crippen molar-refractivity contribution in [3.8, 4) is 9.75 Å². The Kier molecular flexibility index (Phi) is 17.3. The second-order valence-corrected chi connectivity index (χ2v) is 27.1. The van der Waals surface area contributed by atoms with E-state index in [1.807, 2.05) is 14.2 Å². The van der Waals surface area contributed by atoms with Gasteiger partial charge in [-0.25, -0.2) is 0 Å². The summed E-state index contributed by atoms with van der Waals surface area (Å²) in [5, 5.41) is 2.35. The van der Waals surface area contributed by atoms with E-state index in [-0.39, 0.29) is 0 Å². The van der Waals surface area contributed by atoms with Crippen LogP contribution in [-0.2, 0) is 6.42 Å². The molecular formula is C32H56S2Sn. The number of aryl methyl sites for hydroxylation is 1. The maximum atomic E-state index is 2.61. The van der Waals surface area contributed by atoms with Crippen LogP contribution in [-0.4, -0.2) is 18.4 Å². The van der Waals surface area contributed by atoms with Crippen molar-refractivity contribution in [2.75, 3.05) is 0 Å². The monoisotopic (exact) mass is 624 g/mol. The number of hydrogen-bond acceptors (Lipinski definition) is 2. The van der Waals surface area contributed by atoms with Gasteiger partial charge in [-0.1, -0.05) is 32.6 Å². The molecule has 0 aliphatic carbocycles. The third-order valence-corrected chi connectivity index (χ3v) is 28.4. The number of rotatable bonds is 22. The van der Waals surface area contributed by atoms with Gasteiger partial charge in [0, 0.05) is 0 Å². The summed E-state index contributed by atoms with van der Waals surface area (Å²) in [6, 6.07) is 7.55. The van der Waals surface area contributed by atoms with Crippen molar-refractivity contribution >= 4 is 43.9 Å². The summed E-state index contributed by atoms with van der Waals surface area (Å²) in [5.41, 5.74) is 1.62. The van der Waals surface area contributed by atoms with Crippen molar-refractivity contribution in [3.05, 3.63) is 29.1 Å². The van der Waals surface area contributed by atoms with Crippen LogP contribution in [0.3, 0.4) is 0 Å². The molecule has 2 aromatic rings. The zero-order valence-corrected chi connectivity index (χ0v) is 28.3. The van der Waals surface area contributed by atoms with Gasteiger partial charge in [0.15, 0.2) is 0 Å².